The van der Waals surface area contributed by atoms with Crippen LogP contribution >= 0.6 is 11.8 Å². The zero-order chi connectivity index (χ0) is 8.81. The van der Waals surface area contributed by atoms with Crippen LogP contribution in [0.25, 0.3) is 0 Å². The van der Waals surface area contributed by atoms with Gasteiger partial charge in [0.25, 0.3) is 0 Å². The van der Waals surface area contributed by atoms with Gasteiger partial charge in [0.1, 0.15) is 0 Å². The molecule has 0 amide bonds. The summed E-state index contributed by atoms with van der Waals surface area (Å²) in [6.07, 6.45) is 2.21. The molecule has 0 aromatic carbocycles. The Morgan fingerprint density at radius 2 is 2.42 bits per heavy atom. The van der Waals surface area contributed by atoms with Gasteiger partial charge in [-0.3, -0.25) is 0 Å². The van der Waals surface area contributed by atoms with Gasteiger partial charge < -0.3 is 10.0 Å². The van der Waals surface area contributed by atoms with Gasteiger partial charge in [-0.2, -0.15) is 11.8 Å². The van der Waals surface area contributed by atoms with Crippen molar-refractivity contribution in [1.29, 1.82) is 0 Å². The fourth-order valence-electron chi connectivity index (χ4n) is 1.52. The van der Waals surface area contributed by atoms with Crippen molar-refractivity contribution in [2.75, 3.05) is 32.0 Å². The highest BCUT2D eigenvalue weighted by Crippen LogP contribution is 2.20. The van der Waals surface area contributed by atoms with Gasteiger partial charge in [0, 0.05) is 37.2 Å². The Morgan fingerprint density at radius 3 is 3.08 bits per heavy atom. The average molecular weight is 189 g/mol. The zero-order valence-electron chi connectivity index (χ0n) is 7.83. The van der Waals surface area contributed by atoms with E-state index in [1.807, 2.05) is 0 Å². The summed E-state index contributed by atoms with van der Waals surface area (Å²) >= 11 is 2.10. The summed E-state index contributed by atoms with van der Waals surface area (Å²) in [7, 11) is 0. The highest BCUT2D eigenvalue weighted by molar-refractivity contribution is 8.00. The van der Waals surface area contributed by atoms with E-state index in [0.29, 0.717) is 6.61 Å². The predicted molar refractivity (Wildman–Crippen MR) is 54.7 cm³/mol. The highest BCUT2D eigenvalue weighted by atomic mass is 32.2. The first-order valence-electron chi connectivity index (χ1n) is 4.81. The van der Waals surface area contributed by atoms with E-state index in [1.165, 1.54) is 25.3 Å². The van der Waals surface area contributed by atoms with E-state index in [2.05, 4.69) is 23.6 Å². The fourth-order valence-corrected chi connectivity index (χ4v) is 2.77. The van der Waals surface area contributed by atoms with Crippen LogP contribution in [0.15, 0.2) is 0 Å². The maximum atomic E-state index is 8.69. The summed E-state index contributed by atoms with van der Waals surface area (Å²) in [4.78, 5) is 2.47. The van der Waals surface area contributed by atoms with Gasteiger partial charge in [-0.15, -0.1) is 0 Å². The van der Waals surface area contributed by atoms with Crippen LogP contribution in [0.3, 0.4) is 0 Å². The minimum atomic E-state index is 0.334. The normalized spacial score (nSPS) is 26.0. The molecule has 1 atom stereocenters. The van der Waals surface area contributed by atoms with Crippen LogP contribution in [-0.4, -0.2) is 47.3 Å². The molecule has 1 rings (SSSR count). The van der Waals surface area contributed by atoms with Crippen molar-refractivity contribution in [2.45, 2.75) is 25.0 Å². The van der Waals surface area contributed by atoms with Gasteiger partial charge in [0.2, 0.25) is 0 Å². The first-order chi connectivity index (χ1) is 5.86. The molecule has 0 aliphatic carbocycles. The molecule has 0 bridgehead atoms. The minimum Gasteiger partial charge on any atom is -0.396 e. The van der Waals surface area contributed by atoms with E-state index in [1.54, 1.807) is 0 Å². The highest BCUT2D eigenvalue weighted by Gasteiger charge is 2.17. The lowest BCUT2D eigenvalue weighted by molar-refractivity contribution is 0.227. The van der Waals surface area contributed by atoms with Crippen molar-refractivity contribution < 1.29 is 5.11 Å². The number of rotatable bonds is 4. The lowest BCUT2D eigenvalue weighted by Gasteiger charge is -2.31. The molecule has 1 fully saturated rings. The Labute approximate surface area is 79.3 Å². The van der Waals surface area contributed by atoms with Crippen LogP contribution in [0, 0.1) is 0 Å². The number of hydrogen-bond acceptors (Lipinski definition) is 3. The van der Waals surface area contributed by atoms with Crippen LogP contribution in [0.4, 0.5) is 0 Å². The lowest BCUT2D eigenvalue weighted by Crippen LogP contribution is -2.38. The average Bonchev–Trinajstić information content (AvgIpc) is 2.15. The summed E-state index contributed by atoms with van der Waals surface area (Å²) in [5.74, 6) is 1.27. The maximum Gasteiger partial charge on any atom is 0.0443 e. The minimum absolute atomic E-state index is 0.334. The first-order valence-corrected chi connectivity index (χ1v) is 5.86. The third-order valence-electron chi connectivity index (χ3n) is 2.31. The largest absolute Gasteiger partial charge is 0.396 e. The Kier molecular flexibility index (Phi) is 5.04. The molecule has 1 aliphatic rings. The Balaban J connectivity index is 2.16. The van der Waals surface area contributed by atoms with Crippen molar-refractivity contribution in [3.8, 4) is 0 Å². The molecule has 0 radical (unpaired) electrons. The Bertz CT molecular complexity index is 121. The topological polar surface area (TPSA) is 23.5 Å². The molecular formula is C9H19NOS. The number of hydrogen-bond donors (Lipinski definition) is 1. The molecule has 12 heavy (non-hydrogen) atoms. The molecule has 3 heteroatoms. The fraction of sp³-hybridized carbons (Fsp3) is 1.00. The van der Waals surface area contributed by atoms with E-state index in [0.717, 1.165) is 18.2 Å². The van der Waals surface area contributed by atoms with E-state index >= 15 is 0 Å². The van der Waals surface area contributed by atoms with Crippen LogP contribution in [-0.2, 0) is 0 Å². The standard InChI is InChI=1S/C9H19NOS/c1-2-9-8-10(4-3-6-11)5-7-12-9/h9,11H,2-8H2,1H3. The molecule has 1 aliphatic heterocycles. The van der Waals surface area contributed by atoms with Gasteiger partial charge in [-0.05, 0) is 12.8 Å². The van der Waals surface area contributed by atoms with E-state index in [-0.39, 0.29) is 0 Å². The maximum absolute atomic E-state index is 8.69. The second-order valence-electron chi connectivity index (χ2n) is 3.28. The predicted octanol–water partition coefficient (Wildman–Crippen LogP) is 1.20. The van der Waals surface area contributed by atoms with Gasteiger partial charge >= 0.3 is 0 Å². The SMILES string of the molecule is CCC1CN(CCCO)CCS1. The Hall–Kier alpha value is 0.270. The molecule has 1 heterocycles. The molecule has 1 unspecified atom stereocenters. The van der Waals surface area contributed by atoms with E-state index in [9.17, 15) is 0 Å². The number of thioether (sulfide) groups is 1. The third kappa shape index (κ3) is 3.33. The van der Waals surface area contributed by atoms with Gasteiger partial charge in [-0.1, -0.05) is 6.92 Å². The number of aliphatic hydroxyl groups is 1. The van der Waals surface area contributed by atoms with Gasteiger partial charge in [0.15, 0.2) is 0 Å². The van der Waals surface area contributed by atoms with Crippen LogP contribution < -0.4 is 0 Å². The van der Waals surface area contributed by atoms with Crippen LogP contribution in [0.5, 0.6) is 0 Å². The monoisotopic (exact) mass is 189 g/mol. The molecular weight excluding hydrogens is 170 g/mol. The Morgan fingerprint density at radius 1 is 1.58 bits per heavy atom. The van der Waals surface area contributed by atoms with Crippen molar-refractivity contribution in [2.24, 2.45) is 0 Å². The quantitative estimate of drug-likeness (QED) is 0.719. The third-order valence-corrected chi connectivity index (χ3v) is 3.68. The molecule has 0 spiro atoms. The smallest absolute Gasteiger partial charge is 0.0443 e. The first kappa shape index (κ1) is 10.4. The number of nitrogens with zero attached hydrogens (tertiary/aromatic N) is 1. The molecule has 0 aromatic heterocycles. The molecule has 2 nitrogen and oxygen atoms in total. The summed E-state index contributed by atoms with van der Waals surface area (Å²) in [5.41, 5.74) is 0. The van der Waals surface area contributed by atoms with E-state index < -0.39 is 0 Å². The van der Waals surface area contributed by atoms with Crippen molar-refractivity contribution >= 4 is 11.8 Å². The molecule has 1 saturated heterocycles. The van der Waals surface area contributed by atoms with E-state index in [4.69, 9.17) is 5.11 Å². The molecule has 1 N–H and O–H groups in total. The number of aliphatic hydroxyl groups excluding tert-OH is 1. The van der Waals surface area contributed by atoms with Crippen LogP contribution in [0.1, 0.15) is 19.8 Å². The van der Waals surface area contributed by atoms with Crippen molar-refractivity contribution in [3.63, 3.8) is 0 Å². The van der Waals surface area contributed by atoms with Gasteiger partial charge in [-0.25, -0.2) is 0 Å². The zero-order valence-corrected chi connectivity index (χ0v) is 8.65. The summed E-state index contributed by atoms with van der Waals surface area (Å²) in [6.45, 7) is 6.10. The summed E-state index contributed by atoms with van der Waals surface area (Å²) in [5, 5.41) is 9.52. The second-order valence-corrected chi connectivity index (χ2v) is 4.69. The molecule has 0 saturated carbocycles. The second kappa shape index (κ2) is 5.84. The van der Waals surface area contributed by atoms with Crippen molar-refractivity contribution in [3.05, 3.63) is 0 Å². The summed E-state index contributed by atoms with van der Waals surface area (Å²) < 4.78 is 0. The van der Waals surface area contributed by atoms with Crippen LogP contribution in [0.2, 0.25) is 0 Å². The molecule has 72 valence electrons. The van der Waals surface area contributed by atoms with Gasteiger partial charge in [0.05, 0.1) is 0 Å². The molecule has 0 aromatic rings. The lowest BCUT2D eigenvalue weighted by atomic mass is 10.3. The summed E-state index contributed by atoms with van der Waals surface area (Å²) in [6, 6.07) is 0. The van der Waals surface area contributed by atoms with Crippen molar-refractivity contribution in [1.82, 2.24) is 4.90 Å².